The molecule has 0 amide bonds. The molecule has 2 rings (SSSR count). The lowest BCUT2D eigenvalue weighted by Crippen LogP contribution is -2.18. The summed E-state index contributed by atoms with van der Waals surface area (Å²) in [6.45, 7) is 2.30. The SMILES string of the molecule is COCCNCc1nc(-c2ccc(Br)o2)cs1. The van der Waals surface area contributed by atoms with Gasteiger partial charge in [0.25, 0.3) is 0 Å². The quantitative estimate of drug-likeness (QED) is 0.832. The second-order valence-corrected chi connectivity index (χ2v) is 5.12. The fourth-order valence-electron chi connectivity index (χ4n) is 1.33. The number of hydrogen-bond donors (Lipinski definition) is 1. The minimum Gasteiger partial charge on any atom is -0.448 e. The maximum atomic E-state index is 5.45. The lowest BCUT2D eigenvalue weighted by Gasteiger charge is -1.99. The Labute approximate surface area is 112 Å². The maximum absolute atomic E-state index is 5.45. The number of nitrogens with zero attached hydrogens (tertiary/aromatic N) is 1. The van der Waals surface area contributed by atoms with Gasteiger partial charge in [0.2, 0.25) is 0 Å². The van der Waals surface area contributed by atoms with E-state index in [1.54, 1.807) is 18.4 Å². The number of rotatable bonds is 6. The molecule has 0 atom stereocenters. The highest BCUT2D eigenvalue weighted by Gasteiger charge is 2.07. The van der Waals surface area contributed by atoms with Crippen molar-refractivity contribution in [3.05, 3.63) is 27.2 Å². The standard InChI is InChI=1S/C11H13BrN2O2S/c1-15-5-4-13-6-11-14-8(7-17-11)9-2-3-10(12)16-9/h2-3,7,13H,4-6H2,1H3. The summed E-state index contributed by atoms with van der Waals surface area (Å²) in [6.07, 6.45) is 0. The van der Waals surface area contributed by atoms with Crippen LogP contribution in [0.15, 0.2) is 26.6 Å². The van der Waals surface area contributed by atoms with Crippen LogP contribution >= 0.6 is 27.3 Å². The summed E-state index contributed by atoms with van der Waals surface area (Å²) in [7, 11) is 1.69. The molecule has 92 valence electrons. The molecular formula is C11H13BrN2O2S. The molecule has 0 spiro atoms. The Morgan fingerprint density at radius 2 is 2.41 bits per heavy atom. The summed E-state index contributed by atoms with van der Waals surface area (Å²) < 4.78 is 11.1. The van der Waals surface area contributed by atoms with E-state index in [0.717, 1.165) is 34.2 Å². The molecular weight excluding hydrogens is 304 g/mol. The molecule has 2 aromatic rings. The van der Waals surface area contributed by atoms with Crippen LogP contribution in [0, 0.1) is 0 Å². The molecule has 0 saturated carbocycles. The van der Waals surface area contributed by atoms with E-state index in [2.05, 4.69) is 26.2 Å². The summed E-state index contributed by atoms with van der Waals surface area (Å²) in [5.41, 5.74) is 0.879. The normalized spacial score (nSPS) is 10.9. The Hall–Kier alpha value is -0.690. The van der Waals surface area contributed by atoms with Crippen LogP contribution in [0.5, 0.6) is 0 Å². The van der Waals surface area contributed by atoms with Crippen LogP contribution in [0.4, 0.5) is 0 Å². The van der Waals surface area contributed by atoms with Gasteiger partial charge in [-0.1, -0.05) is 0 Å². The molecule has 4 nitrogen and oxygen atoms in total. The lowest BCUT2D eigenvalue weighted by atomic mass is 10.4. The number of ether oxygens (including phenoxy) is 1. The van der Waals surface area contributed by atoms with E-state index in [0.29, 0.717) is 6.61 Å². The Kier molecular flexibility index (Phi) is 4.73. The van der Waals surface area contributed by atoms with Crippen molar-refractivity contribution < 1.29 is 9.15 Å². The molecule has 2 heterocycles. The van der Waals surface area contributed by atoms with Crippen molar-refractivity contribution in [2.75, 3.05) is 20.3 Å². The Morgan fingerprint density at radius 1 is 1.53 bits per heavy atom. The fourth-order valence-corrected chi connectivity index (χ4v) is 2.39. The molecule has 0 radical (unpaired) electrons. The van der Waals surface area contributed by atoms with E-state index in [1.165, 1.54) is 0 Å². The van der Waals surface area contributed by atoms with Gasteiger partial charge in [-0.2, -0.15) is 0 Å². The number of methoxy groups -OCH3 is 1. The largest absolute Gasteiger partial charge is 0.448 e. The molecule has 0 unspecified atom stereocenters. The molecule has 0 aliphatic carbocycles. The minimum absolute atomic E-state index is 0.712. The number of aromatic nitrogens is 1. The van der Waals surface area contributed by atoms with Crippen molar-refractivity contribution in [3.8, 4) is 11.5 Å². The van der Waals surface area contributed by atoms with Crippen LogP contribution < -0.4 is 5.32 Å². The van der Waals surface area contributed by atoms with Gasteiger partial charge >= 0.3 is 0 Å². The van der Waals surface area contributed by atoms with Gasteiger partial charge in [-0.25, -0.2) is 4.98 Å². The predicted octanol–water partition coefficient (Wildman–Crippen LogP) is 2.90. The van der Waals surface area contributed by atoms with Crippen molar-refractivity contribution >= 4 is 27.3 Å². The summed E-state index contributed by atoms with van der Waals surface area (Å²) in [5.74, 6) is 0.788. The smallest absolute Gasteiger partial charge is 0.169 e. The molecule has 17 heavy (non-hydrogen) atoms. The second kappa shape index (κ2) is 6.30. The van der Waals surface area contributed by atoms with Crippen molar-refractivity contribution in [1.82, 2.24) is 10.3 Å². The predicted molar refractivity (Wildman–Crippen MR) is 71.1 cm³/mol. The van der Waals surface area contributed by atoms with E-state index in [-0.39, 0.29) is 0 Å². The number of thiazole rings is 1. The van der Waals surface area contributed by atoms with E-state index in [1.807, 2.05) is 17.5 Å². The van der Waals surface area contributed by atoms with Crippen LogP contribution in [0.1, 0.15) is 5.01 Å². The highest BCUT2D eigenvalue weighted by Crippen LogP contribution is 2.26. The van der Waals surface area contributed by atoms with Gasteiger partial charge in [-0.3, -0.25) is 0 Å². The third-order valence-electron chi connectivity index (χ3n) is 2.14. The summed E-state index contributed by atoms with van der Waals surface area (Å²) in [6, 6.07) is 3.77. The van der Waals surface area contributed by atoms with E-state index in [9.17, 15) is 0 Å². The van der Waals surface area contributed by atoms with Gasteiger partial charge in [0.15, 0.2) is 10.4 Å². The van der Waals surface area contributed by atoms with Gasteiger partial charge in [-0.05, 0) is 28.1 Å². The van der Waals surface area contributed by atoms with Crippen molar-refractivity contribution in [2.24, 2.45) is 0 Å². The second-order valence-electron chi connectivity index (χ2n) is 3.40. The van der Waals surface area contributed by atoms with Crippen LogP contribution in [-0.2, 0) is 11.3 Å². The molecule has 2 aromatic heterocycles. The third-order valence-corrected chi connectivity index (χ3v) is 3.41. The van der Waals surface area contributed by atoms with Crippen molar-refractivity contribution in [1.29, 1.82) is 0 Å². The van der Waals surface area contributed by atoms with E-state index in [4.69, 9.17) is 9.15 Å². The first-order valence-electron chi connectivity index (χ1n) is 5.19. The Bertz CT molecular complexity index is 469. The Morgan fingerprint density at radius 3 is 3.12 bits per heavy atom. The molecule has 0 aliphatic heterocycles. The molecule has 1 N–H and O–H groups in total. The summed E-state index contributed by atoms with van der Waals surface area (Å²) >= 11 is 4.90. The molecule has 0 bridgehead atoms. The van der Waals surface area contributed by atoms with Crippen LogP contribution in [-0.4, -0.2) is 25.2 Å². The van der Waals surface area contributed by atoms with E-state index < -0.39 is 0 Å². The number of furan rings is 1. The average Bonchev–Trinajstić information content (AvgIpc) is 2.93. The average molecular weight is 317 g/mol. The zero-order chi connectivity index (χ0) is 12.1. The summed E-state index contributed by atoms with van der Waals surface area (Å²) in [4.78, 5) is 4.49. The molecule has 6 heteroatoms. The number of hydrogen-bond acceptors (Lipinski definition) is 5. The van der Waals surface area contributed by atoms with Gasteiger partial charge in [-0.15, -0.1) is 11.3 Å². The number of nitrogens with one attached hydrogen (secondary N) is 1. The molecule has 0 fully saturated rings. The third kappa shape index (κ3) is 3.64. The monoisotopic (exact) mass is 316 g/mol. The van der Waals surface area contributed by atoms with Crippen LogP contribution in [0.25, 0.3) is 11.5 Å². The lowest BCUT2D eigenvalue weighted by molar-refractivity contribution is 0.199. The van der Waals surface area contributed by atoms with Crippen molar-refractivity contribution in [2.45, 2.75) is 6.54 Å². The Balaban J connectivity index is 1.92. The molecule has 0 aliphatic rings. The first kappa shape index (κ1) is 12.8. The van der Waals surface area contributed by atoms with Gasteiger partial charge in [0.05, 0.1) is 6.61 Å². The van der Waals surface area contributed by atoms with Gasteiger partial charge in [0.1, 0.15) is 10.7 Å². The number of halogens is 1. The summed E-state index contributed by atoms with van der Waals surface area (Å²) in [5, 5.41) is 6.30. The first-order chi connectivity index (χ1) is 8.29. The first-order valence-corrected chi connectivity index (χ1v) is 6.86. The zero-order valence-electron chi connectivity index (χ0n) is 9.40. The van der Waals surface area contributed by atoms with Crippen molar-refractivity contribution in [3.63, 3.8) is 0 Å². The minimum atomic E-state index is 0.712. The maximum Gasteiger partial charge on any atom is 0.169 e. The highest BCUT2D eigenvalue weighted by molar-refractivity contribution is 9.10. The fraction of sp³-hybridized carbons (Fsp3) is 0.364. The zero-order valence-corrected chi connectivity index (χ0v) is 11.8. The van der Waals surface area contributed by atoms with Gasteiger partial charge < -0.3 is 14.5 Å². The van der Waals surface area contributed by atoms with Crippen LogP contribution in [0.3, 0.4) is 0 Å². The van der Waals surface area contributed by atoms with Crippen LogP contribution in [0.2, 0.25) is 0 Å². The molecule has 0 aromatic carbocycles. The molecule has 0 saturated heterocycles. The highest BCUT2D eigenvalue weighted by atomic mass is 79.9. The van der Waals surface area contributed by atoms with E-state index >= 15 is 0 Å². The van der Waals surface area contributed by atoms with Gasteiger partial charge in [0, 0.05) is 25.6 Å². The topological polar surface area (TPSA) is 47.3 Å².